The molecule has 0 amide bonds. The Morgan fingerprint density at radius 3 is 2.74 bits per heavy atom. The van der Waals surface area contributed by atoms with Gasteiger partial charge in [0.2, 0.25) is 0 Å². The molecular formula is C25H27ClN6O2. The van der Waals surface area contributed by atoms with Gasteiger partial charge in [-0.2, -0.15) is 0 Å². The van der Waals surface area contributed by atoms with Gasteiger partial charge < -0.3 is 19.7 Å². The molecule has 1 aromatic carbocycles. The predicted molar refractivity (Wildman–Crippen MR) is 133 cm³/mol. The Balaban J connectivity index is 1.49. The first-order valence-electron chi connectivity index (χ1n) is 11.8. The lowest BCUT2D eigenvalue weighted by atomic mass is 10.0. The molecule has 1 N–H and O–H groups in total. The number of nitrogens with one attached hydrogen (secondary N) is 1. The fraction of sp³-hybridized carbons (Fsp3) is 0.400. The Morgan fingerprint density at radius 2 is 1.94 bits per heavy atom. The zero-order chi connectivity index (χ0) is 23.1. The lowest BCUT2D eigenvalue weighted by Crippen LogP contribution is -2.36. The number of aromatic nitrogens is 3. The average Bonchev–Trinajstić information content (AvgIpc) is 3.09. The van der Waals surface area contributed by atoms with Gasteiger partial charge in [0.15, 0.2) is 12.0 Å². The van der Waals surface area contributed by atoms with Crippen LogP contribution in [0, 0.1) is 6.92 Å². The molecule has 0 bridgehead atoms. The number of benzene rings is 1. The number of ether oxygens (including phenoxy) is 2. The Hall–Kier alpha value is -2.94. The number of hydrogen-bond acceptors (Lipinski definition) is 7. The van der Waals surface area contributed by atoms with Crippen LogP contribution < -0.4 is 10.2 Å². The number of hydrogen-bond donors (Lipinski definition) is 1. The van der Waals surface area contributed by atoms with Crippen molar-refractivity contribution < 1.29 is 9.47 Å². The van der Waals surface area contributed by atoms with E-state index in [2.05, 4.69) is 16.3 Å². The first-order chi connectivity index (χ1) is 16.7. The molecule has 2 aromatic heterocycles. The molecule has 6 rings (SSSR count). The highest BCUT2D eigenvalue weighted by molar-refractivity contribution is 6.36. The Labute approximate surface area is 203 Å². The molecule has 9 heteroatoms. The highest BCUT2D eigenvalue weighted by Crippen LogP contribution is 2.40. The minimum absolute atomic E-state index is 0.0674. The van der Waals surface area contributed by atoms with Crippen LogP contribution in [0.1, 0.15) is 42.3 Å². The second-order valence-electron chi connectivity index (χ2n) is 8.80. The number of aliphatic imine (C=N–C) groups is 1. The van der Waals surface area contributed by atoms with Crippen molar-refractivity contribution in [1.82, 2.24) is 14.8 Å². The summed E-state index contributed by atoms with van der Waals surface area (Å²) >= 11 is 6.64. The molecule has 5 heterocycles. The number of nitrogens with zero attached hydrogens (tertiary/aromatic N) is 5. The molecule has 34 heavy (non-hydrogen) atoms. The maximum atomic E-state index is 6.64. The van der Waals surface area contributed by atoms with E-state index in [-0.39, 0.29) is 6.23 Å². The molecule has 2 fully saturated rings. The molecule has 0 spiro atoms. The molecule has 2 saturated heterocycles. The van der Waals surface area contributed by atoms with Crippen LogP contribution in [0.15, 0.2) is 41.5 Å². The average molecular weight is 479 g/mol. The summed E-state index contributed by atoms with van der Waals surface area (Å²) in [6.07, 6.45) is 4.99. The Bertz CT molecular complexity index is 1240. The van der Waals surface area contributed by atoms with Gasteiger partial charge in [-0.15, -0.1) is 5.10 Å². The molecule has 0 saturated carbocycles. The van der Waals surface area contributed by atoms with Crippen LogP contribution in [-0.4, -0.2) is 53.4 Å². The Kier molecular flexibility index (Phi) is 5.72. The van der Waals surface area contributed by atoms with E-state index in [9.17, 15) is 0 Å². The number of rotatable bonds is 3. The third kappa shape index (κ3) is 3.85. The number of fused-ring (bicyclic) bond motifs is 2. The van der Waals surface area contributed by atoms with Crippen molar-refractivity contribution in [3.63, 3.8) is 0 Å². The van der Waals surface area contributed by atoms with Crippen molar-refractivity contribution in [3.8, 4) is 0 Å². The maximum absolute atomic E-state index is 6.64. The summed E-state index contributed by atoms with van der Waals surface area (Å²) in [5.74, 6) is 1.62. The number of morpholine rings is 1. The SMILES string of the molecule is Cc1c2c(nn1C1CCCCO1)Nc1cc(N3CCOCC3)ncc1C(c1ccccc1Cl)=N2. The second kappa shape index (κ2) is 9.02. The third-order valence-electron chi connectivity index (χ3n) is 6.63. The summed E-state index contributed by atoms with van der Waals surface area (Å²) in [6, 6.07) is 9.87. The van der Waals surface area contributed by atoms with Crippen LogP contribution in [-0.2, 0) is 9.47 Å². The van der Waals surface area contributed by atoms with Gasteiger partial charge in [0.1, 0.15) is 11.5 Å². The van der Waals surface area contributed by atoms with Crippen molar-refractivity contribution in [2.75, 3.05) is 43.1 Å². The monoisotopic (exact) mass is 478 g/mol. The van der Waals surface area contributed by atoms with Crippen LogP contribution in [0.5, 0.6) is 0 Å². The van der Waals surface area contributed by atoms with E-state index in [0.29, 0.717) is 24.1 Å². The van der Waals surface area contributed by atoms with Gasteiger partial charge in [-0.25, -0.2) is 14.7 Å². The molecular weight excluding hydrogens is 452 g/mol. The van der Waals surface area contributed by atoms with E-state index < -0.39 is 0 Å². The van der Waals surface area contributed by atoms with Gasteiger partial charge in [-0.1, -0.05) is 29.8 Å². The number of halogens is 1. The lowest BCUT2D eigenvalue weighted by Gasteiger charge is -2.28. The molecule has 8 nitrogen and oxygen atoms in total. The summed E-state index contributed by atoms with van der Waals surface area (Å²) in [5.41, 5.74) is 5.20. The van der Waals surface area contributed by atoms with Crippen molar-refractivity contribution in [2.24, 2.45) is 4.99 Å². The quantitative estimate of drug-likeness (QED) is 0.446. The topological polar surface area (TPSA) is 76.8 Å². The highest BCUT2D eigenvalue weighted by Gasteiger charge is 2.28. The number of pyridine rings is 1. The van der Waals surface area contributed by atoms with Gasteiger partial charge in [-0.05, 0) is 32.3 Å². The first kappa shape index (κ1) is 21.6. The van der Waals surface area contributed by atoms with E-state index in [1.807, 2.05) is 42.1 Å². The smallest absolute Gasteiger partial charge is 0.178 e. The summed E-state index contributed by atoms with van der Waals surface area (Å²) < 4.78 is 13.5. The van der Waals surface area contributed by atoms with Crippen molar-refractivity contribution in [1.29, 1.82) is 0 Å². The fourth-order valence-electron chi connectivity index (χ4n) is 4.79. The van der Waals surface area contributed by atoms with Crippen molar-refractivity contribution in [2.45, 2.75) is 32.4 Å². The minimum Gasteiger partial charge on any atom is -0.378 e. The highest BCUT2D eigenvalue weighted by atomic mass is 35.5. The van der Waals surface area contributed by atoms with Crippen LogP contribution in [0.3, 0.4) is 0 Å². The number of anilines is 3. The second-order valence-corrected chi connectivity index (χ2v) is 9.21. The summed E-state index contributed by atoms with van der Waals surface area (Å²) in [4.78, 5) is 12.1. The normalized spacial score (nSPS) is 20.1. The molecule has 3 aliphatic rings. The standard InChI is InChI=1S/C25H27ClN6O2/c1-16-23-25(30-32(16)22-8-4-5-11-34-22)28-20-14-21(31-9-12-33-13-10-31)27-15-18(20)24(29-23)17-6-2-3-7-19(17)26/h2-3,6-7,14-15,22H,4-5,8-13H2,1H3,(H,28,30). The minimum atomic E-state index is -0.0674. The molecule has 0 radical (unpaired) electrons. The Morgan fingerprint density at radius 1 is 1.09 bits per heavy atom. The zero-order valence-electron chi connectivity index (χ0n) is 19.1. The molecule has 1 atom stereocenters. The molecule has 0 aliphatic carbocycles. The van der Waals surface area contributed by atoms with E-state index >= 15 is 0 Å². The zero-order valence-corrected chi connectivity index (χ0v) is 19.9. The van der Waals surface area contributed by atoms with Crippen LogP contribution in [0.25, 0.3) is 0 Å². The van der Waals surface area contributed by atoms with E-state index in [1.165, 1.54) is 0 Å². The van der Waals surface area contributed by atoms with Gasteiger partial charge in [0, 0.05) is 48.1 Å². The third-order valence-corrected chi connectivity index (χ3v) is 6.96. The molecule has 1 unspecified atom stereocenters. The lowest BCUT2D eigenvalue weighted by molar-refractivity contribution is -0.0404. The van der Waals surface area contributed by atoms with Gasteiger partial charge >= 0.3 is 0 Å². The summed E-state index contributed by atoms with van der Waals surface area (Å²) in [6.45, 7) is 5.84. The van der Waals surface area contributed by atoms with Crippen LogP contribution in [0.4, 0.5) is 23.0 Å². The van der Waals surface area contributed by atoms with E-state index in [4.69, 9.17) is 36.1 Å². The fourth-order valence-corrected chi connectivity index (χ4v) is 5.01. The van der Waals surface area contributed by atoms with Gasteiger partial charge in [-0.3, -0.25) is 0 Å². The largest absolute Gasteiger partial charge is 0.378 e. The summed E-state index contributed by atoms with van der Waals surface area (Å²) in [7, 11) is 0. The molecule has 3 aliphatic heterocycles. The molecule has 176 valence electrons. The van der Waals surface area contributed by atoms with Gasteiger partial charge in [0.05, 0.1) is 30.3 Å². The summed E-state index contributed by atoms with van der Waals surface area (Å²) in [5, 5.41) is 9.12. The van der Waals surface area contributed by atoms with Gasteiger partial charge in [0.25, 0.3) is 0 Å². The predicted octanol–water partition coefficient (Wildman–Crippen LogP) is 5.00. The van der Waals surface area contributed by atoms with Crippen LogP contribution in [0.2, 0.25) is 5.02 Å². The maximum Gasteiger partial charge on any atom is 0.178 e. The van der Waals surface area contributed by atoms with E-state index in [1.54, 1.807) is 0 Å². The van der Waals surface area contributed by atoms with E-state index in [0.717, 1.165) is 78.7 Å². The van der Waals surface area contributed by atoms with Crippen molar-refractivity contribution in [3.05, 3.63) is 58.4 Å². The molecule has 3 aromatic rings. The first-order valence-corrected chi connectivity index (χ1v) is 12.2. The van der Waals surface area contributed by atoms with Crippen LogP contribution >= 0.6 is 11.6 Å². The van der Waals surface area contributed by atoms with Crippen molar-refractivity contribution >= 4 is 40.3 Å².